The first kappa shape index (κ1) is 15.4. The van der Waals surface area contributed by atoms with Crippen molar-refractivity contribution in [2.75, 3.05) is 19.6 Å². The average molecular weight is 295 g/mol. The number of nitrogens with one attached hydrogen (secondary N) is 2. The molecule has 0 unspecified atom stereocenters. The molecule has 2 N–H and O–H groups in total. The zero-order chi connectivity index (χ0) is 13.6. The molecule has 18 heavy (non-hydrogen) atoms. The summed E-state index contributed by atoms with van der Waals surface area (Å²) >= 11 is 5.70. The summed E-state index contributed by atoms with van der Waals surface area (Å²) in [6.45, 7) is 3.65. The number of halogens is 2. The van der Waals surface area contributed by atoms with Crippen LogP contribution in [0.2, 0.25) is 5.02 Å². The van der Waals surface area contributed by atoms with E-state index in [0.717, 1.165) is 31.2 Å². The van der Waals surface area contributed by atoms with Gasteiger partial charge >= 0.3 is 0 Å². The van der Waals surface area contributed by atoms with Gasteiger partial charge in [0, 0.05) is 13.1 Å². The molecule has 0 aliphatic rings. The molecule has 0 spiro atoms. The number of hydrogen-bond acceptors (Lipinski definition) is 3. The van der Waals surface area contributed by atoms with E-state index in [1.165, 1.54) is 0 Å². The highest BCUT2D eigenvalue weighted by atomic mass is 35.5. The molecule has 1 rings (SSSR count). The fourth-order valence-electron chi connectivity index (χ4n) is 1.35. The van der Waals surface area contributed by atoms with Crippen molar-refractivity contribution >= 4 is 21.6 Å². The van der Waals surface area contributed by atoms with Crippen LogP contribution in [0.25, 0.3) is 0 Å². The zero-order valence-corrected chi connectivity index (χ0v) is 11.6. The van der Waals surface area contributed by atoms with Crippen molar-refractivity contribution in [1.82, 2.24) is 10.0 Å². The summed E-state index contributed by atoms with van der Waals surface area (Å²) in [5.74, 6) is -0.566. The Balaban J connectivity index is 2.63. The molecule has 0 saturated carbocycles. The van der Waals surface area contributed by atoms with Crippen LogP contribution < -0.4 is 10.0 Å². The van der Waals surface area contributed by atoms with Crippen LogP contribution in [0, 0.1) is 5.82 Å². The maximum absolute atomic E-state index is 12.8. The predicted octanol–water partition coefficient (Wildman–Crippen LogP) is 1.76. The molecule has 0 atom stereocenters. The molecule has 0 aromatic heterocycles. The van der Waals surface area contributed by atoms with Crippen LogP contribution in [0.1, 0.15) is 13.3 Å². The first-order chi connectivity index (χ1) is 8.47. The molecule has 0 heterocycles. The monoisotopic (exact) mass is 294 g/mol. The van der Waals surface area contributed by atoms with Crippen LogP contribution in [-0.4, -0.2) is 28.1 Å². The fourth-order valence-corrected chi connectivity index (χ4v) is 2.91. The van der Waals surface area contributed by atoms with Gasteiger partial charge in [0.15, 0.2) is 0 Å². The van der Waals surface area contributed by atoms with E-state index in [4.69, 9.17) is 11.6 Å². The lowest BCUT2D eigenvalue weighted by Gasteiger charge is -2.08. The van der Waals surface area contributed by atoms with Crippen molar-refractivity contribution in [3.63, 3.8) is 0 Å². The van der Waals surface area contributed by atoms with Gasteiger partial charge in [-0.15, -0.1) is 0 Å². The van der Waals surface area contributed by atoms with E-state index in [0.29, 0.717) is 6.54 Å². The normalized spacial score (nSPS) is 11.7. The molecule has 4 nitrogen and oxygen atoms in total. The summed E-state index contributed by atoms with van der Waals surface area (Å²) in [6, 6.07) is 3.20. The van der Waals surface area contributed by atoms with Crippen molar-refractivity contribution < 1.29 is 12.8 Å². The Bertz CT molecular complexity index is 494. The Morgan fingerprint density at radius 2 is 2.00 bits per heavy atom. The highest BCUT2D eigenvalue weighted by Gasteiger charge is 2.17. The van der Waals surface area contributed by atoms with Crippen molar-refractivity contribution in [2.24, 2.45) is 0 Å². The minimum atomic E-state index is -3.68. The number of hydrogen-bond donors (Lipinski definition) is 2. The molecule has 0 saturated heterocycles. The lowest BCUT2D eigenvalue weighted by molar-refractivity contribution is 0.575. The standard InChI is InChI=1S/C11H16ClFN2O2S/c1-2-5-14-6-7-15-18(16,17)11-4-3-9(13)8-10(11)12/h3-4,8,14-15H,2,5-7H2,1H3. The summed E-state index contributed by atoms with van der Waals surface area (Å²) < 4.78 is 38.9. The molecule has 0 aliphatic heterocycles. The van der Waals surface area contributed by atoms with Crippen LogP contribution in [-0.2, 0) is 10.0 Å². The minimum Gasteiger partial charge on any atom is -0.315 e. The van der Waals surface area contributed by atoms with E-state index in [1.54, 1.807) is 0 Å². The second kappa shape index (κ2) is 7.04. The average Bonchev–Trinajstić information content (AvgIpc) is 2.28. The fraction of sp³-hybridized carbons (Fsp3) is 0.455. The van der Waals surface area contributed by atoms with E-state index in [2.05, 4.69) is 10.0 Å². The van der Waals surface area contributed by atoms with Crippen molar-refractivity contribution in [3.05, 3.63) is 29.0 Å². The van der Waals surface area contributed by atoms with Gasteiger partial charge in [0.25, 0.3) is 0 Å². The smallest absolute Gasteiger partial charge is 0.242 e. The molecule has 0 amide bonds. The highest BCUT2D eigenvalue weighted by molar-refractivity contribution is 7.89. The van der Waals surface area contributed by atoms with E-state index in [1.807, 2.05) is 6.92 Å². The van der Waals surface area contributed by atoms with Crippen LogP contribution in [0.5, 0.6) is 0 Å². The molecule has 0 bridgehead atoms. The van der Waals surface area contributed by atoms with Gasteiger partial charge < -0.3 is 5.32 Å². The van der Waals surface area contributed by atoms with Gasteiger partial charge in [0.05, 0.1) is 5.02 Å². The molecular weight excluding hydrogens is 279 g/mol. The molecule has 0 fully saturated rings. The van der Waals surface area contributed by atoms with E-state index in [9.17, 15) is 12.8 Å². The molecule has 7 heteroatoms. The van der Waals surface area contributed by atoms with Gasteiger partial charge in [0.2, 0.25) is 10.0 Å². The third-order valence-electron chi connectivity index (χ3n) is 2.20. The van der Waals surface area contributed by atoms with Gasteiger partial charge in [-0.25, -0.2) is 17.5 Å². The zero-order valence-electron chi connectivity index (χ0n) is 10.0. The van der Waals surface area contributed by atoms with Crippen LogP contribution in [0.3, 0.4) is 0 Å². The van der Waals surface area contributed by atoms with Gasteiger partial charge in [0.1, 0.15) is 10.7 Å². The van der Waals surface area contributed by atoms with Crippen molar-refractivity contribution in [2.45, 2.75) is 18.2 Å². The highest BCUT2D eigenvalue weighted by Crippen LogP contribution is 2.21. The maximum Gasteiger partial charge on any atom is 0.242 e. The van der Waals surface area contributed by atoms with Gasteiger partial charge in [-0.2, -0.15) is 0 Å². The third-order valence-corrected chi connectivity index (χ3v) is 4.15. The molecule has 1 aromatic rings. The Labute approximate surface area is 112 Å². The number of sulfonamides is 1. The summed E-state index contributed by atoms with van der Waals surface area (Å²) in [5.41, 5.74) is 0. The Morgan fingerprint density at radius 3 is 2.61 bits per heavy atom. The second-order valence-electron chi connectivity index (χ2n) is 3.72. The van der Waals surface area contributed by atoms with Crippen molar-refractivity contribution in [3.8, 4) is 0 Å². The van der Waals surface area contributed by atoms with Crippen molar-refractivity contribution in [1.29, 1.82) is 0 Å². The third kappa shape index (κ3) is 4.53. The first-order valence-electron chi connectivity index (χ1n) is 5.63. The number of benzene rings is 1. The SMILES string of the molecule is CCCNCCNS(=O)(=O)c1ccc(F)cc1Cl. The Morgan fingerprint density at radius 1 is 1.28 bits per heavy atom. The molecule has 0 radical (unpaired) electrons. The Hall–Kier alpha value is -0.690. The van der Waals surface area contributed by atoms with E-state index >= 15 is 0 Å². The molecule has 0 aliphatic carbocycles. The second-order valence-corrected chi connectivity index (χ2v) is 5.87. The van der Waals surface area contributed by atoms with Crippen LogP contribution >= 0.6 is 11.6 Å². The van der Waals surface area contributed by atoms with Crippen LogP contribution in [0.4, 0.5) is 4.39 Å². The summed E-state index contributed by atoms with van der Waals surface area (Å²) in [6.07, 6.45) is 0.983. The lowest BCUT2D eigenvalue weighted by Crippen LogP contribution is -2.32. The van der Waals surface area contributed by atoms with E-state index in [-0.39, 0.29) is 16.5 Å². The predicted molar refractivity (Wildman–Crippen MR) is 69.8 cm³/mol. The van der Waals surface area contributed by atoms with E-state index < -0.39 is 15.8 Å². The minimum absolute atomic E-state index is 0.110. The number of rotatable bonds is 7. The molecule has 1 aromatic carbocycles. The lowest BCUT2D eigenvalue weighted by atomic mass is 10.3. The van der Waals surface area contributed by atoms with Gasteiger partial charge in [-0.3, -0.25) is 0 Å². The van der Waals surface area contributed by atoms with Gasteiger partial charge in [-0.1, -0.05) is 18.5 Å². The molecule has 102 valence electrons. The summed E-state index contributed by atoms with van der Waals surface area (Å²) in [7, 11) is -3.68. The first-order valence-corrected chi connectivity index (χ1v) is 7.49. The summed E-state index contributed by atoms with van der Waals surface area (Å²) in [5, 5.41) is 2.94. The topological polar surface area (TPSA) is 58.2 Å². The van der Waals surface area contributed by atoms with Gasteiger partial charge in [-0.05, 0) is 31.2 Å². The summed E-state index contributed by atoms with van der Waals surface area (Å²) in [4.78, 5) is -0.110. The maximum atomic E-state index is 12.8. The Kier molecular flexibility index (Phi) is 6.01. The molecular formula is C11H16ClFN2O2S. The quantitative estimate of drug-likeness (QED) is 0.754. The van der Waals surface area contributed by atoms with Crippen LogP contribution in [0.15, 0.2) is 23.1 Å². The largest absolute Gasteiger partial charge is 0.315 e.